The summed E-state index contributed by atoms with van der Waals surface area (Å²) in [5.74, 6) is 0. The van der Waals surface area contributed by atoms with E-state index >= 15 is 0 Å². The number of rotatable bonds is 9. The summed E-state index contributed by atoms with van der Waals surface area (Å²) in [6, 6.07) is 0. The molecule has 16 heteroatoms. The molecule has 0 aromatic heterocycles. The quantitative estimate of drug-likeness (QED) is 0.167. The first-order chi connectivity index (χ1) is 10.7. The van der Waals surface area contributed by atoms with Crippen molar-refractivity contribution >= 4 is 55.6 Å². The molecule has 0 atom stereocenters. The Labute approximate surface area is 176 Å². The van der Waals surface area contributed by atoms with Crippen LogP contribution < -0.4 is 29.4 Å². The monoisotopic (exact) mass is 554 g/mol. The fourth-order valence-electron chi connectivity index (χ4n) is 0.432. The standard InChI is InChI=1S/3C3H7O3PS.Mo/c3*1-2-3-6-7(4,5)8;/h3*2H,1,3H2,(H2,4,5,8);/p-6. The van der Waals surface area contributed by atoms with E-state index in [1.165, 1.54) is 18.2 Å². The van der Waals surface area contributed by atoms with Crippen molar-refractivity contribution in [3.8, 4) is 0 Å². The van der Waals surface area contributed by atoms with Gasteiger partial charge >= 0.3 is 0 Å². The molecule has 0 aromatic rings. The molecular weight excluding hydrogens is 537 g/mol. The molecule has 0 rings (SSSR count). The molecule has 0 saturated heterocycles. The molecule has 0 aliphatic carbocycles. The zero-order valence-corrected chi connectivity index (χ0v) is 19.8. The van der Waals surface area contributed by atoms with Gasteiger partial charge in [0.05, 0.1) is 19.8 Å². The van der Waals surface area contributed by atoms with Gasteiger partial charge in [0.2, 0.25) is 0 Å². The maximum absolute atomic E-state index is 9.96. The molecule has 0 fully saturated rings. The van der Waals surface area contributed by atoms with Crippen LogP contribution in [0, 0.1) is 0 Å². The average Bonchev–Trinajstić information content (AvgIpc) is 2.39. The van der Waals surface area contributed by atoms with Gasteiger partial charge in [-0.1, -0.05) is 38.4 Å². The van der Waals surface area contributed by atoms with Gasteiger partial charge in [-0.05, 0) is 0 Å². The van der Waals surface area contributed by atoms with Gasteiger partial charge in [0, 0.05) is 21.1 Å². The van der Waals surface area contributed by atoms with Crippen LogP contribution in [-0.2, 0) is 70.1 Å². The minimum atomic E-state index is -3.92. The molecule has 0 heterocycles. The average molecular weight is 552 g/mol. The van der Waals surface area contributed by atoms with E-state index < -0.39 is 20.2 Å². The Hall–Kier alpha value is 1.50. The molecule has 0 amide bonds. The molecular formula is C9H15MoO9P3S3-6. The van der Waals surface area contributed by atoms with Gasteiger partial charge < -0.3 is 42.9 Å². The van der Waals surface area contributed by atoms with Gasteiger partial charge in [0.15, 0.2) is 0 Å². The van der Waals surface area contributed by atoms with Gasteiger partial charge in [-0.2, -0.15) is 0 Å². The summed E-state index contributed by atoms with van der Waals surface area (Å²) in [6.45, 7) is -2.18. The first-order valence-electron chi connectivity index (χ1n) is 5.51. The predicted molar refractivity (Wildman–Crippen MR) is 91.3 cm³/mol. The number of hydrogen-bond donors (Lipinski definition) is 0. The Bertz CT molecular complexity index is 430. The molecule has 0 unspecified atom stereocenters. The van der Waals surface area contributed by atoms with Gasteiger partial charge in [-0.25, -0.2) is 0 Å². The topological polar surface area (TPSA) is 166 Å². The summed E-state index contributed by atoms with van der Waals surface area (Å²) in [5, 5.41) is 0. The molecule has 0 N–H and O–H groups in total. The summed E-state index contributed by atoms with van der Waals surface area (Å²) in [6.07, 6.45) is 3.95. The fourth-order valence-corrected chi connectivity index (χ4v) is 1.84. The van der Waals surface area contributed by atoms with Crippen molar-refractivity contribution in [3.63, 3.8) is 0 Å². The fraction of sp³-hybridized carbons (Fsp3) is 0.333. The summed E-state index contributed by atoms with van der Waals surface area (Å²) in [4.78, 5) is 59.8. The Morgan fingerprint density at radius 3 is 0.800 bits per heavy atom. The van der Waals surface area contributed by atoms with Crippen LogP contribution in [0.3, 0.4) is 0 Å². The number of hydrogen-bond acceptors (Lipinski definition) is 12. The molecule has 0 aliphatic rings. The summed E-state index contributed by atoms with van der Waals surface area (Å²) in [5.41, 5.74) is 0. The van der Waals surface area contributed by atoms with Crippen molar-refractivity contribution in [2.75, 3.05) is 19.8 Å². The van der Waals surface area contributed by atoms with Crippen molar-refractivity contribution in [2.45, 2.75) is 0 Å². The van der Waals surface area contributed by atoms with E-state index in [2.05, 4.69) is 68.7 Å². The van der Waals surface area contributed by atoms with Crippen LogP contribution >= 0.6 is 20.2 Å². The molecule has 0 radical (unpaired) electrons. The van der Waals surface area contributed by atoms with E-state index in [-0.39, 0.29) is 40.9 Å². The maximum atomic E-state index is 9.96. The molecule has 0 bridgehead atoms. The molecule has 0 saturated carbocycles. The van der Waals surface area contributed by atoms with Gasteiger partial charge in [-0.15, -0.1) is 55.2 Å². The zero-order valence-electron chi connectivity index (χ0n) is 12.6. The van der Waals surface area contributed by atoms with Crippen LogP contribution in [0.2, 0.25) is 0 Å². The van der Waals surface area contributed by atoms with E-state index in [4.69, 9.17) is 0 Å². The Balaban J connectivity index is -0.000000130. The zero-order chi connectivity index (χ0) is 19.9. The Morgan fingerprint density at radius 2 is 0.760 bits per heavy atom. The minimum Gasteiger partial charge on any atom is -0.812 e. The molecule has 0 aliphatic heterocycles. The second kappa shape index (κ2) is 18.8. The first-order valence-corrected chi connectivity index (χ1v) is 13.2. The van der Waals surface area contributed by atoms with Gasteiger partial charge in [0.25, 0.3) is 0 Å². The van der Waals surface area contributed by atoms with Crippen LogP contribution in [0.15, 0.2) is 38.0 Å². The van der Waals surface area contributed by atoms with Crippen molar-refractivity contribution < 1.29 is 64.0 Å². The van der Waals surface area contributed by atoms with Crippen molar-refractivity contribution in [2.24, 2.45) is 0 Å². The van der Waals surface area contributed by atoms with Crippen LogP contribution in [0.5, 0.6) is 0 Å². The second-order valence-corrected chi connectivity index (χ2v) is 10.6. The Morgan fingerprint density at radius 1 is 0.600 bits per heavy atom. The summed E-state index contributed by atoms with van der Waals surface area (Å²) >= 11 is 11.6. The smallest absolute Gasteiger partial charge is 0.0665 e. The Kier molecular flexibility index (Phi) is 25.7. The maximum Gasteiger partial charge on any atom is 0.0665 e. The largest absolute Gasteiger partial charge is 0.812 e. The van der Waals surface area contributed by atoms with Crippen LogP contribution in [0.25, 0.3) is 0 Å². The van der Waals surface area contributed by atoms with E-state index in [1.54, 1.807) is 0 Å². The molecule has 0 aromatic carbocycles. The second-order valence-electron chi connectivity index (χ2n) is 3.09. The van der Waals surface area contributed by atoms with E-state index in [1.807, 2.05) is 0 Å². The SMILES string of the molecule is C=CCOP([O-])([O-])=S.C=CCOP([O-])([O-])=S.C=CCOP([O-])([O-])=S.[Mo]. The third kappa shape index (κ3) is 51.7. The normalized spacial score (nSPS) is 10.8. The third-order valence-corrected chi connectivity index (χ3v) is 3.40. The predicted octanol–water partition coefficient (Wildman–Crippen LogP) is -2.60. The van der Waals surface area contributed by atoms with Crippen molar-refractivity contribution in [1.82, 2.24) is 0 Å². The molecule has 25 heavy (non-hydrogen) atoms. The molecule has 9 nitrogen and oxygen atoms in total. The van der Waals surface area contributed by atoms with Crippen LogP contribution in [0.4, 0.5) is 0 Å². The molecule has 150 valence electrons. The first kappa shape index (κ1) is 34.0. The van der Waals surface area contributed by atoms with E-state index in [9.17, 15) is 29.4 Å². The van der Waals surface area contributed by atoms with Crippen LogP contribution in [-0.4, -0.2) is 19.8 Å². The summed E-state index contributed by atoms with van der Waals surface area (Å²) in [7, 11) is 0. The van der Waals surface area contributed by atoms with Crippen molar-refractivity contribution in [1.29, 1.82) is 0 Å². The molecule has 0 spiro atoms. The summed E-state index contributed by atoms with van der Waals surface area (Å²) < 4.78 is 12.2. The van der Waals surface area contributed by atoms with E-state index in [0.29, 0.717) is 0 Å². The van der Waals surface area contributed by atoms with Gasteiger partial charge in [-0.3, -0.25) is 0 Å². The van der Waals surface area contributed by atoms with E-state index in [0.717, 1.165) is 0 Å². The van der Waals surface area contributed by atoms with Crippen molar-refractivity contribution in [3.05, 3.63) is 38.0 Å². The van der Waals surface area contributed by atoms with Crippen LogP contribution in [0.1, 0.15) is 0 Å². The minimum absolute atomic E-state index is 0. The van der Waals surface area contributed by atoms with Gasteiger partial charge in [0.1, 0.15) is 0 Å². The third-order valence-electron chi connectivity index (χ3n) is 1.05.